The zero-order chi connectivity index (χ0) is 27.8. The van der Waals surface area contributed by atoms with Gasteiger partial charge in [0.1, 0.15) is 11.5 Å². The second-order valence-electron chi connectivity index (χ2n) is 9.16. The molecule has 1 amide bonds. The molecule has 0 bridgehead atoms. The van der Waals surface area contributed by atoms with E-state index in [-0.39, 0.29) is 11.3 Å². The van der Waals surface area contributed by atoms with Crippen LogP contribution in [0.1, 0.15) is 35.2 Å². The number of aromatic nitrogens is 1. The van der Waals surface area contributed by atoms with Crippen molar-refractivity contribution in [2.45, 2.75) is 26.8 Å². The van der Waals surface area contributed by atoms with Gasteiger partial charge >= 0.3 is 5.91 Å². The maximum atomic E-state index is 13.6. The normalized spacial score (nSPS) is 16.6. The van der Waals surface area contributed by atoms with Crippen LogP contribution < -0.4 is 19.1 Å². The number of rotatable bonds is 7. The number of carbonyl (C=O) groups excluding carboxylic acids is 2. The Labute approximate surface area is 230 Å². The van der Waals surface area contributed by atoms with Crippen molar-refractivity contribution in [3.8, 4) is 17.2 Å². The molecule has 1 unspecified atom stereocenters. The number of hydrogen-bond donors (Lipinski definition) is 1. The molecule has 1 aliphatic heterocycles. The molecule has 5 rings (SSSR count). The number of amides is 1. The number of anilines is 1. The molecule has 1 N–H and O–H groups in total. The number of hydrogen-bond acceptors (Lipinski definition) is 8. The van der Waals surface area contributed by atoms with E-state index in [1.807, 2.05) is 39.0 Å². The first-order valence-electron chi connectivity index (χ1n) is 12.4. The van der Waals surface area contributed by atoms with Gasteiger partial charge in [-0.1, -0.05) is 35.1 Å². The van der Waals surface area contributed by atoms with Crippen LogP contribution in [-0.4, -0.2) is 42.6 Å². The highest BCUT2D eigenvalue weighted by molar-refractivity contribution is 7.22. The highest BCUT2D eigenvalue weighted by Crippen LogP contribution is 2.46. The Morgan fingerprint density at radius 2 is 1.79 bits per heavy atom. The average Bonchev–Trinajstić information content (AvgIpc) is 3.47. The molecule has 3 aromatic carbocycles. The summed E-state index contributed by atoms with van der Waals surface area (Å²) in [5, 5.41) is 11.9. The standard InChI is InChI=1S/C30H28N2O6S/c1-6-38-22-12-9-18(14-23(22)37-5)26-25(27(33)20-13-16(2)7-8-17(20)3)28(34)29(35)32(26)30-31-21-11-10-19(36-4)15-24(21)39-30/h7-15,26,33H,6H2,1-5H3. The lowest BCUT2D eigenvalue weighted by molar-refractivity contribution is -0.132. The number of carbonyl (C=O) groups is 2. The lowest BCUT2D eigenvalue weighted by Crippen LogP contribution is -2.29. The Hall–Kier alpha value is -4.37. The first kappa shape index (κ1) is 26.2. The Morgan fingerprint density at radius 1 is 1.00 bits per heavy atom. The van der Waals surface area contributed by atoms with Gasteiger partial charge in [0.25, 0.3) is 5.78 Å². The number of ketones is 1. The van der Waals surface area contributed by atoms with Crippen molar-refractivity contribution < 1.29 is 28.9 Å². The van der Waals surface area contributed by atoms with Gasteiger partial charge in [-0.15, -0.1) is 0 Å². The minimum Gasteiger partial charge on any atom is -0.507 e. The SMILES string of the molecule is CCOc1ccc(C2C(=C(O)c3cc(C)ccc3C)C(=O)C(=O)N2c2nc3ccc(OC)cc3s2)cc1OC. The lowest BCUT2D eigenvalue weighted by atomic mass is 9.93. The maximum absolute atomic E-state index is 13.6. The summed E-state index contributed by atoms with van der Waals surface area (Å²) in [6, 6.07) is 15.3. The summed E-state index contributed by atoms with van der Waals surface area (Å²) in [6.07, 6.45) is 0. The molecule has 1 saturated heterocycles. The van der Waals surface area contributed by atoms with Gasteiger partial charge in [-0.05, 0) is 68.3 Å². The average molecular weight is 545 g/mol. The van der Waals surface area contributed by atoms with Crippen LogP contribution in [0.15, 0.2) is 60.2 Å². The fourth-order valence-corrected chi connectivity index (χ4v) is 5.75. The van der Waals surface area contributed by atoms with Crippen molar-refractivity contribution in [3.05, 3.63) is 82.4 Å². The van der Waals surface area contributed by atoms with Gasteiger partial charge in [0, 0.05) is 5.56 Å². The molecule has 1 aromatic heterocycles. The van der Waals surface area contributed by atoms with E-state index in [9.17, 15) is 14.7 Å². The topological polar surface area (TPSA) is 98.2 Å². The lowest BCUT2D eigenvalue weighted by Gasteiger charge is -2.24. The summed E-state index contributed by atoms with van der Waals surface area (Å²) in [5.74, 6) is -0.169. The minimum atomic E-state index is -0.947. The molecule has 200 valence electrons. The molecule has 2 heterocycles. The molecule has 0 saturated carbocycles. The predicted molar refractivity (Wildman–Crippen MR) is 151 cm³/mol. The summed E-state index contributed by atoms with van der Waals surface area (Å²) in [5.41, 5.74) is 3.39. The van der Waals surface area contributed by atoms with Gasteiger partial charge in [0.05, 0.1) is 42.7 Å². The number of thiazole rings is 1. The zero-order valence-corrected chi connectivity index (χ0v) is 23.1. The first-order valence-corrected chi connectivity index (χ1v) is 13.2. The second-order valence-corrected chi connectivity index (χ2v) is 10.2. The van der Waals surface area contributed by atoms with Crippen molar-refractivity contribution in [1.29, 1.82) is 0 Å². The van der Waals surface area contributed by atoms with Crippen LogP contribution in [0.25, 0.3) is 16.0 Å². The molecule has 0 radical (unpaired) electrons. The Balaban J connectivity index is 1.75. The van der Waals surface area contributed by atoms with Crippen LogP contribution in [0, 0.1) is 13.8 Å². The van der Waals surface area contributed by atoms with E-state index in [1.54, 1.807) is 43.5 Å². The largest absolute Gasteiger partial charge is 0.507 e. The van der Waals surface area contributed by atoms with E-state index in [0.717, 1.165) is 15.8 Å². The van der Waals surface area contributed by atoms with Gasteiger partial charge in [-0.2, -0.15) is 0 Å². The summed E-state index contributed by atoms with van der Waals surface area (Å²) in [7, 11) is 3.10. The molecule has 9 heteroatoms. The Bertz CT molecular complexity index is 1640. The summed E-state index contributed by atoms with van der Waals surface area (Å²) >= 11 is 1.27. The Kier molecular flexibility index (Phi) is 7.01. The molecule has 8 nitrogen and oxygen atoms in total. The Morgan fingerprint density at radius 3 is 2.51 bits per heavy atom. The van der Waals surface area contributed by atoms with E-state index in [1.165, 1.54) is 23.3 Å². The molecular formula is C30H28N2O6S. The summed E-state index contributed by atoms with van der Waals surface area (Å²) in [4.78, 5) is 33.3. The third-order valence-corrected chi connectivity index (χ3v) is 7.70. The molecule has 4 aromatic rings. The molecule has 1 aliphatic rings. The molecule has 0 spiro atoms. The molecular weight excluding hydrogens is 516 g/mol. The van der Waals surface area contributed by atoms with Crippen molar-refractivity contribution >= 4 is 44.1 Å². The molecule has 0 aliphatic carbocycles. The van der Waals surface area contributed by atoms with Gasteiger partial charge in [0.15, 0.2) is 16.6 Å². The fraction of sp³-hybridized carbons (Fsp3) is 0.233. The van der Waals surface area contributed by atoms with Gasteiger partial charge in [0.2, 0.25) is 0 Å². The van der Waals surface area contributed by atoms with Crippen LogP contribution in [0.2, 0.25) is 0 Å². The number of ether oxygens (including phenoxy) is 3. The minimum absolute atomic E-state index is 0.0169. The molecule has 1 fully saturated rings. The van der Waals surface area contributed by atoms with E-state index >= 15 is 0 Å². The smallest absolute Gasteiger partial charge is 0.301 e. The van der Waals surface area contributed by atoms with E-state index in [4.69, 9.17) is 14.2 Å². The van der Waals surface area contributed by atoms with E-state index in [0.29, 0.717) is 45.6 Å². The third kappa shape index (κ3) is 4.59. The number of benzene rings is 3. The quantitative estimate of drug-likeness (QED) is 0.174. The predicted octanol–water partition coefficient (Wildman–Crippen LogP) is 5.96. The van der Waals surface area contributed by atoms with E-state index in [2.05, 4.69) is 4.98 Å². The van der Waals surface area contributed by atoms with Gasteiger partial charge in [-0.25, -0.2) is 4.98 Å². The number of fused-ring (bicyclic) bond motifs is 1. The number of methoxy groups -OCH3 is 2. The number of nitrogens with zero attached hydrogens (tertiary/aromatic N) is 2. The zero-order valence-electron chi connectivity index (χ0n) is 22.3. The van der Waals surface area contributed by atoms with Crippen molar-refractivity contribution in [2.24, 2.45) is 0 Å². The van der Waals surface area contributed by atoms with Crippen LogP contribution >= 0.6 is 11.3 Å². The number of Topliss-reactive ketones (excluding diaryl/α,β-unsaturated/α-hetero) is 1. The monoisotopic (exact) mass is 544 g/mol. The molecule has 39 heavy (non-hydrogen) atoms. The first-order chi connectivity index (χ1) is 18.8. The maximum Gasteiger partial charge on any atom is 0.301 e. The molecule has 1 atom stereocenters. The van der Waals surface area contributed by atoms with E-state index < -0.39 is 17.7 Å². The number of aryl methyl sites for hydroxylation is 2. The van der Waals surface area contributed by atoms with Crippen molar-refractivity contribution in [3.63, 3.8) is 0 Å². The van der Waals surface area contributed by atoms with Gasteiger partial charge < -0.3 is 19.3 Å². The number of aliphatic hydroxyl groups is 1. The highest BCUT2D eigenvalue weighted by atomic mass is 32.1. The van der Waals surface area contributed by atoms with Crippen LogP contribution in [-0.2, 0) is 9.59 Å². The summed E-state index contributed by atoms with van der Waals surface area (Å²) in [6.45, 7) is 6.06. The number of aliphatic hydroxyl groups excluding tert-OH is 1. The highest BCUT2D eigenvalue weighted by Gasteiger charge is 2.48. The van der Waals surface area contributed by atoms with Crippen molar-refractivity contribution in [2.75, 3.05) is 25.7 Å². The van der Waals surface area contributed by atoms with Crippen LogP contribution in [0.4, 0.5) is 5.13 Å². The van der Waals surface area contributed by atoms with Gasteiger partial charge in [-0.3, -0.25) is 14.5 Å². The second kappa shape index (κ2) is 10.4. The van der Waals surface area contributed by atoms with Crippen LogP contribution in [0.3, 0.4) is 0 Å². The summed E-state index contributed by atoms with van der Waals surface area (Å²) < 4.78 is 17.4. The van der Waals surface area contributed by atoms with Crippen molar-refractivity contribution in [1.82, 2.24) is 4.98 Å². The fourth-order valence-electron chi connectivity index (χ4n) is 4.73. The third-order valence-electron chi connectivity index (χ3n) is 6.69. The van der Waals surface area contributed by atoms with Crippen LogP contribution in [0.5, 0.6) is 17.2 Å².